The van der Waals surface area contributed by atoms with Gasteiger partial charge < -0.3 is 14.7 Å². The highest BCUT2D eigenvalue weighted by molar-refractivity contribution is 5.30. The van der Waals surface area contributed by atoms with E-state index in [0.29, 0.717) is 5.92 Å². The molecule has 1 aliphatic heterocycles. The number of phenolic OH excluding ortho intramolecular Hbond substituents is 1. The van der Waals surface area contributed by atoms with Crippen LogP contribution in [0.1, 0.15) is 12.8 Å². The van der Waals surface area contributed by atoms with Crippen LogP contribution < -0.4 is 4.74 Å². The van der Waals surface area contributed by atoms with E-state index in [1.807, 2.05) is 12.1 Å². The third-order valence-corrected chi connectivity index (χ3v) is 3.16. The second-order valence-corrected chi connectivity index (χ2v) is 4.55. The quantitative estimate of drug-likeness (QED) is 0.848. The predicted octanol–water partition coefficient (Wildman–Crippen LogP) is 2.11. The van der Waals surface area contributed by atoms with E-state index in [0.717, 1.165) is 12.4 Å². The molecule has 0 aromatic heterocycles. The number of benzene rings is 1. The summed E-state index contributed by atoms with van der Waals surface area (Å²) in [5, 5.41) is 9.14. The van der Waals surface area contributed by atoms with Gasteiger partial charge in [-0.15, -0.1) is 0 Å². The molecule has 1 aromatic carbocycles. The molecule has 3 nitrogen and oxygen atoms in total. The van der Waals surface area contributed by atoms with Crippen LogP contribution in [0.15, 0.2) is 24.3 Å². The molecule has 0 radical (unpaired) electrons. The van der Waals surface area contributed by atoms with Gasteiger partial charge in [-0.05, 0) is 63.2 Å². The van der Waals surface area contributed by atoms with Gasteiger partial charge in [0.2, 0.25) is 0 Å². The maximum Gasteiger partial charge on any atom is 0.119 e. The van der Waals surface area contributed by atoms with Crippen molar-refractivity contribution in [2.45, 2.75) is 12.8 Å². The Bertz CT molecular complexity index is 315. The molecule has 3 heteroatoms. The van der Waals surface area contributed by atoms with Crippen LogP contribution in [0.2, 0.25) is 0 Å². The monoisotopic (exact) mass is 221 g/mol. The fourth-order valence-electron chi connectivity index (χ4n) is 1.99. The minimum atomic E-state index is 0.284. The van der Waals surface area contributed by atoms with Gasteiger partial charge in [0.25, 0.3) is 0 Å². The summed E-state index contributed by atoms with van der Waals surface area (Å²) in [7, 11) is 2.16. The number of likely N-dealkylation sites (tertiary alicyclic amines) is 1. The Kier molecular flexibility index (Phi) is 3.67. The van der Waals surface area contributed by atoms with Gasteiger partial charge in [0.1, 0.15) is 11.5 Å². The summed E-state index contributed by atoms with van der Waals surface area (Å²) in [4.78, 5) is 2.36. The maximum atomic E-state index is 9.14. The van der Waals surface area contributed by atoms with Crippen molar-refractivity contribution in [3.63, 3.8) is 0 Å². The average Bonchev–Trinajstić information content (AvgIpc) is 2.30. The van der Waals surface area contributed by atoms with Gasteiger partial charge in [-0.3, -0.25) is 0 Å². The van der Waals surface area contributed by atoms with Crippen LogP contribution >= 0.6 is 0 Å². The highest BCUT2D eigenvalue weighted by Gasteiger charge is 2.16. The largest absolute Gasteiger partial charge is 0.508 e. The van der Waals surface area contributed by atoms with Gasteiger partial charge in [-0.1, -0.05) is 0 Å². The Balaban J connectivity index is 1.77. The van der Waals surface area contributed by atoms with E-state index in [2.05, 4.69) is 11.9 Å². The van der Waals surface area contributed by atoms with Crippen molar-refractivity contribution in [2.75, 3.05) is 26.7 Å². The molecular formula is C13H19NO2. The van der Waals surface area contributed by atoms with Gasteiger partial charge in [-0.25, -0.2) is 0 Å². The average molecular weight is 221 g/mol. The molecular weight excluding hydrogens is 202 g/mol. The predicted molar refractivity (Wildman–Crippen MR) is 63.8 cm³/mol. The lowest BCUT2D eigenvalue weighted by Crippen LogP contribution is -2.32. The van der Waals surface area contributed by atoms with Crippen molar-refractivity contribution in [1.82, 2.24) is 4.90 Å². The molecule has 0 saturated carbocycles. The van der Waals surface area contributed by atoms with Crippen LogP contribution in [0, 0.1) is 5.92 Å². The molecule has 0 spiro atoms. The zero-order valence-corrected chi connectivity index (χ0v) is 9.72. The van der Waals surface area contributed by atoms with Gasteiger partial charge in [0.05, 0.1) is 6.61 Å². The van der Waals surface area contributed by atoms with Crippen LogP contribution in [0.5, 0.6) is 11.5 Å². The molecule has 1 fully saturated rings. The summed E-state index contributed by atoms with van der Waals surface area (Å²) < 4.78 is 5.71. The molecule has 0 unspecified atom stereocenters. The molecule has 0 atom stereocenters. The van der Waals surface area contributed by atoms with Crippen molar-refractivity contribution >= 4 is 0 Å². The summed E-state index contributed by atoms with van der Waals surface area (Å²) in [6.45, 7) is 3.13. The molecule has 1 aliphatic rings. The minimum absolute atomic E-state index is 0.284. The smallest absolute Gasteiger partial charge is 0.119 e. The first-order chi connectivity index (χ1) is 7.74. The molecule has 16 heavy (non-hydrogen) atoms. The van der Waals surface area contributed by atoms with Crippen LogP contribution in [0.3, 0.4) is 0 Å². The lowest BCUT2D eigenvalue weighted by atomic mass is 9.98. The normalized spacial score (nSPS) is 18.6. The summed E-state index contributed by atoms with van der Waals surface area (Å²) >= 11 is 0. The number of hydrogen-bond acceptors (Lipinski definition) is 3. The lowest BCUT2D eigenvalue weighted by molar-refractivity contribution is 0.160. The molecule has 0 bridgehead atoms. The molecule has 1 heterocycles. The van der Waals surface area contributed by atoms with E-state index < -0.39 is 0 Å². The van der Waals surface area contributed by atoms with Crippen molar-refractivity contribution < 1.29 is 9.84 Å². The van der Waals surface area contributed by atoms with E-state index in [-0.39, 0.29) is 5.75 Å². The topological polar surface area (TPSA) is 32.7 Å². The maximum absolute atomic E-state index is 9.14. The Hall–Kier alpha value is -1.22. The molecule has 0 aliphatic carbocycles. The first-order valence-electron chi connectivity index (χ1n) is 5.84. The zero-order chi connectivity index (χ0) is 11.4. The van der Waals surface area contributed by atoms with Crippen molar-refractivity contribution in [3.8, 4) is 11.5 Å². The van der Waals surface area contributed by atoms with E-state index in [4.69, 9.17) is 9.84 Å². The van der Waals surface area contributed by atoms with Gasteiger partial charge in [0.15, 0.2) is 0 Å². The van der Waals surface area contributed by atoms with Crippen LogP contribution in [0.25, 0.3) is 0 Å². The number of phenols is 1. The minimum Gasteiger partial charge on any atom is -0.508 e. The highest BCUT2D eigenvalue weighted by Crippen LogP contribution is 2.20. The fourth-order valence-corrected chi connectivity index (χ4v) is 1.99. The third kappa shape index (κ3) is 3.14. The second-order valence-electron chi connectivity index (χ2n) is 4.55. The standard InChI is InChI=1S/C13H19NO2/c1-14-8-6-11(7-9-14)10-16-13-4-2-12(15)3-5-13/h2-5,11,15H,6-10H2,1H3. The molecule has 0 amide bonds. The van der Waals surface area contributed by atoms with Gasteiger partial charge >= 0.3 is 0 Å². The first-order valence-corrected chi connectivity index (χ1v) is 5.84. The van der Waals surface area contributed by atoms with Crippen molar-refractivity contribution in [2.24, 2.45) is 5.92 Å². The number of hydrogen-bond donors (Lipinski definition) is 1. The Morgan fingerprint density at radius 2 is 1.88 bits per heavy atom. The number of aromatic hydroxyl groups is 1. The molecule has 88 valence electrons. The molecule has 1 saturated heterocycles. The zero-order valence-electron chi connectivity index (χ0n) is 9.72. The van der Waals surface area contributed by atoms with E-state index in [9.17, 15) is 0 Å². The Morgan fingerprint density at radius 3 is 2.50 bits per heavy atom. The summed E-state index contributed by atoms with van der Waals surface area (Å²) in [6, 6.07) is 6.93. The van der Waals surface area contributed by atoms with Crippen molar-refractivity contribution in [1.29, 1.82) is 0 Å². The number of ether oxygens (including phenoxy) is 1. The number of piperidine rings is 1. The summed E-state index contributed by atoms with van der Waals surface area (Å²) in [5.41, 5.74) is 0. The fraction of sp³-hybridized carbons (Fsp3) is 0.538. The third-order valence-electron chi connectivity index (χ3n) is 3.16. The first kappa shape index (κ1) is 11.3. The SMILES string of the molecule is CN1CCC(COc2ccc(O)cc2)CC1. The Morgan fingerprint density at radius 1 is 1.25 bits per heavy atom. The van der Waals surface area contributed by atoms with E-state index >= 15 is 0 Å². The van der Waals surface area contributed by atoms with Crippen molar-refractivity contribution in [3.05, 3.63) is 24.3 Å². The van der Waals surface area contributed by atoms with Crippen LogP contribution in [-0.4, -0.2) is 36.8 Å². The highest BCUT2D eigenvalue weighted by atomic mass is 16.5. The van der Waals surface area contributed by atoms with E-state index in [1.165, 1.54) is 25.9 Å². The Labute approximate surface area is 96.6 Å². The summed E-state index contributed by atoms with van der Waals surface area (Å²) in [6.07, 6.45) is 2.43. The van der Waals surface area contributed by atoms with E-state index in [1.54, 1.807) is 12.1 Å². The number of rotatable bonds is 3. The van der Waals surface area contributed by atoms with Gasteiger partial charge in [0, 0.05) is 0 Å². The lowest BCUT2D eigenvalue weighted by Gasteiger charge is -2.28. The molecule has 1 N–H and O–H groups in total. The van der Waals surface area contributed by atoms with Crippen LogP contribution in [0.4, 0.5) is 0 Å². The summed E-state index contributed by atoms with van der Waals surface area (Å²) in [5.74, 6) is 1.80. The molecule has 1 aromatic rings. The number of nitrogens with zero attached hydrogens (tertiary/aromatic N) is 1. The van der Waals surface area contributed by atoms with Gasteiger partial charge in [-0.2, -0.15) is 0 Å². The second kappa shape index (κ2) is 5.21. The molecule has 2 rings (SSSR count). The van der Waals surface area contributed by atoms with Crippen LogP contribution in [-0.2, 0) is 0 Å².